The van der Waals surface area contributed by atoms with Crippen LogP contribution in [0.3, 0.4) is 0 Å². The summed E-state index contributed by atoms with van der Waals surface area (Å²) >= 11 is 0. The zero-order valence-corrected chi connectivity index (χ0v) is 10.0. The Morgan fingerprint density at radius 2 is 0.882 bits per heavy atom. The normalized spacial score (nSPS) is 9.18. The van der Waals surface area contributed by atoms with Crippen molar-refractivity contribution < 1.29 is 26.7 Å². The van der Waals surface area contributed by atoms with Crippen LogP contribution in [0.25, 0.3) is 0 Å². The molecule has 0 fully saturated rings. The monoisotopic (exact) mass is 266 g/mol. The summed E-state index contributed by atoms with van der Waals surface area (Å²) in [5.41, 5.74) is 0.854. The zero-order valence-electron chi connectivity index (χ0n) is 8.94. The standard InChI is InChI=1S/C14H10O2.Fe/c15-13(11-7-3-1-4-8-11)14(16)12-9-5-2-6-10-12;/h1-10H;. The van der Waals surface area contributed by atoms with Crippen LogP contribution in [-0.2, 0) is 17.1 Å². The summed E-state index contributed by atoms with van der Waals surface area (Å²) in [6, 6.07) is 17.2. The van der Waals surface area contributed by atoms with Crippen LogP contribution in [0.1, 0.15) is 20.7 Å². The van der Waals surface area contributed by atoms with Gasteiger partial charge in [-0.25, -0.2) is 0 Å². The number of rotatable bonds is 3. The van der Waals surface area contributed by atoms with Gasteiger partial charge in [-0.2, -0.15) is 0 Å². The molecule has 0 bridgehead atoms. The summed E-state index contributed by atoms with van der Waals surface area (Å²) in [6.45, 7) is 0. The molecule has 2 aromatic rings. The molecule has 0 unspecified atom stereocenters. The first-order valence-corrected chi connectivity index (χ1v) is 4.98. The average Bonchev–Trinajstić information content (AvgIpc) is 2.39. The van der Waals surface area contributed by atoms with Gasteiger partial charge in [0.1, 0.15) is 0 Å². The summed E-state index contributed by atoms with van der Waals surface area (Å²) in [5, 5.41) is 0. The quantitative estimate of drug-likeness (QED) is 0.486. The van der Waals surface area contributed by atoms with Crippen LogP contribution in [0.5, 0.6) is 0 Å². The fraction of sp³-hybridized carbons (Fsp3) is 0. The second-order valence-electron chi connectivity index (χ2n) is 3.39. The molecule has 0 saturated heterocycles. The van der Waals surface area contributed by atoms with Crippen molar-refractivity contribution in [2.45, 2.75) is 0 Å². The van der Waals surface area contributed by atoms with E-state index in [1.165, 1.54) is 0 Å². The summed E-state index contributed by atoms with van der Waals surface area (Å²) in [4.78, 5) is 23.6. The van der Waals surface area contributed by atoms with Gasteiger partial charge in [-0.3, -0.25) is 9.59 Å². The molecule has 0 heterocycles. The third-order valence-electron chi connectivity index (χ3n) is 2.28. The molecule has 0 aromatic heterocycles. The Bertz CT molecular complexity index is 457. The van der Waals surface area contributed by atoms with Crippen molar-refractivity contribution in [2.24, 2.45) is 0 Å². The fourth-order valence-electron chi connectivity index (χ4n) is 1.44. The molecule has 0 aliphatic carbocycles. The van der Waals surface area contributed by atoms with E-state index in [9.17, 15) is 9.59 Å². The third kappa shape index (κ3) is 3.13. The minimum Gasteiger partial charge on any atom is -0.285 e. The second kappa shape index (κ2) is 6.14. The maximum atomic E-state index is 11.8. The van der Waals surface area contributed by atoms with Crippen molar-refractivity contribution in [3.63, 3.8) is 0 Å². The molecule has 0 saturated carbocycles. The van der Waals surface area contributed by atoms with E-state index in [1.807, 2.05) is 12.1 Å². The van der Waals surface area contributed by atoms with Gasteiger partial charge in [-0.05, 0) is 0 Å². The molecule has 0 atom stereocenters. The van der Waals surface area contributed by atoms with Gasteiger partial charge in [0.2, 0.25) is 11.6 Å². The van der Waals surface area contributed by atoms with Crippen molar-refractivity contribution in [2.75, 3.05) is 0 Å². The largest absolute Gasteiger partial charge is 0.285 e. The van der Waals surface area contributed by atoms with Crippen LogP contribution in [0, 0.1) is 0 Å². The number of Topliss-reactive ketones (excluding diaryl/α,β-unsaturated/α-hetero) is 2. The summed E-state index contributed by atoms with van der Waals surface area (Å²) < 4.78 is 0. The molecule has 2 rings (SSSR count). The molecule has 0 aliphatic rings. The SMILES string of the molecule is O=C(C(=O)c1ccccc1)c1ccccc1.[Fe]. The number of hydrogen-bond acceptors (Lipinski definition) is 2. The Morgan fingerprint density at radius 3 is 1.18 bits per heavy atom. The molecule has 0 N–H and O–H groups in total. The predicted octanol–water partition coefficient (Wildman–Crippen LogP) is 2.75. The molecule has 86 valence electrons. The Kier molecular flexibility index (Phi) is 4.83. The van der Waals surface area contributed by atoms with Gasteiger partial charge in [0.05, 0.1) is 0 Å². The van der Waals surface area contributed by atoms with Crippen LogP contribution in [0.4, 0.5) is 0 Å². The van der Waals surface area contributed by atoms with Crippen molar-refractivity contribution in [1.29, 1.82) is 0 Å². The first-order chi connectivity index (χ1) is 7.79. The van der Waals surface area contributed by atoms with E-state index >= 15 is 0 Å². The molecule has 0 spiro atoms. The van der Waals surface area contributed by atoms with Gasteiger partial charge < -0.3 is 0 Å². The maximum Gasteiger partial charge on any atom is 0.233 e. The van der Waals surface area contributed by atoms with Crippen LogP contribution in [0.15, 0.2) is 60.7 Å². The summed E-state index contributed by atoms with van der Waals surface area (Å²) in [5.74, 6) is -0.932. The number of carbonyl (C=O) groups is 2. The van der Waals surface area contributed by atoms with Crippen molar-refractivity contribution in [1.82, 2.24) is 0 Å². The third-order valence-corrected chi connectivity index (χ3v) is 2.28. The van der Waals surface area contributed by atoms with Crippen molar-refractivity contribution in [3.05, 3.63) is 71.8 Å². The number of benzene rings is 2. The average molecular weight is 266 g/mol. The zero-order chi connectivity index (χ0) is 11.4. The molecule has 17 heavy (non-hydrogen) atoms. The van der Waals surface area contributed by atoms with Crippen LogP contribution in [-0.4, -0.2) is 11.6 Å². The first-order valence-electron chi connectivity index (χ1n) is 4.98. The van der Waals surface area contributed by atoms with E-state index in [-0.39, 0.29) is 17.1 Å². The summed E-state index contributed by atoms with van der Waals surface area (Å²) in [7, 11) is 0. The van der Waals surface area contributed by atoms with Crippen LogP contribution in [0.2, 0.25) is 0 Å². The Labute approximate surface area is 110 Å². The topological polar surface area (TPSA) is 34.1 Å². The van der Waals surface area contributed by atoms with Gasteiger partial charge >= 0.3 is 0 Å². The van der Waals surface area contributed by atoms with Gasteiger partial charge in [0.15, 0.2) is 0 Å². The smallest absolute Gasteiger partial charge is 0.233 e. The van der Waals surface area contributed by atoms with Crippen molar-refractivity contribution >= 4 is 11.6 Å². The fourth-order valence-corrected chi connectivity index (χ4v) is 1.44. The molecule has 0 radical (unpaired) electrons. The van der Waals surface area contributed by atoms with Crippen LogP contribution < -0.4 is 0 Å². The second-order valence-corrected chi connectivity index (χ2v) is 3.39. The maximum absolute atomic E-state index is 11.8. The van der Waals surface area contributed by atoms with Gasteiger partial charge in [0, 0.05) is 28.2 Å². The van der Waals surface area contributed by atoms with Gasteiger partial charge in [-0.15, -0.1) is 0 Å². The molecule has 0 amide bonds. The van der Waals surface area contributed by atoms with E-state index in [4.69, 9.17) is 0 Å². The van der Waals surface area contributed by atoms with E-state index in [2.05, 4.69) is 0 Å². The minimum atomic E-state index is -0.466. The summed E-state index contributed by atoms with van der Waals surface area (Å²) in [6.07, 6.45) is 0. The molecule has 2 aromatic carbocycles. The van der Waals surface area contributed by atoms with E-state index in [1.54, 1.807) is 48.5 Å². The predicted molar refractivity (Wildman–Crippen MR) is 61.5 cm³/mol. The Hall–Kier alpha value is -1.70. The molecule has 0 aliphatic heterocycles. The minimum absolute atomic E-state index is 0. The number of ketones is 2. The van der Waals surface area contributed by atoms with Crippen LogP contribution >= 0.6 is 0 Å². The molecular formula is C14H10FeO2. The van der Waals surface area contributed by atoms with Gasteiger partial charge in [-0.1, -0.05) is 60.7 Å². The van der Waals surface area contributed by atoms with E-state index in [0.717, 1.165) is 0 Å². The number of carbonyl (C=O) groups excluding carboxylic acids is 2. The van der Waals surface area contributed by atoms with Crippen molar-refractivity contribution in [3.8, 4) is 0 Å². The number of hydrogen-bond donors (Lipinski definition) is 0. The first kappa shape index (κ1) is 13.4. The Morgan fingerprint density at radius 1 is 0.588 bits per heavy atom. The van der Waals surface area contributed by atoms with E-state index in [0.29, 0.717) is 11.1 Å². The molecule has 2 nitrogen and oxygen atoms in total. The molecule has 3 heteroatoms. The van der Waals surface area contributed by atoms with E-state index < -0.39 is 11.6 Å². The molecular weight excluding hydrogens is 256 g/mol. The Balaban J connectivity index is 0.00000144. The van der Waals surface area contributed by atoms with Gasteiger partial charge in [0.25, 0.3) is 0 Å².